The highest BCUT2D eigenvalue weighted by molar-refractivity contribution is 5.82. The van der Waals surface area contributed by atoms with Crippen LogP contribution in [0.4, 0.5) is 0 Å². The summed E-state index contributed by atoms with van der Waals surface area (Å²) < 4.78 is 0. The van der Waals surface area contributed by atoms with Gasteiger partial charge in [-0.1, -0.05) is 13.8 Å². The van der Waals surface area contributed by atoms with Crippen molar-refractivity contribution in [3.8, 4) is 0 Å². The van der Waals surface area contributed by atoms with Gasteiger partial charge in [-0.3, -0.25) is 4.79 Å². The molecule has 0 unspecified atom stereocenters. The molecular weight excluding hydrogens is 226 g/mol. The molecule has 0 aromatic carbocycles. The van der Waals surface area contributed by atoms with Crippen molar-refractivity contribution in [2.45, 2.75) is 45.2 Å². The van der Waals surface area contributed by atoms with E-state index in [1.54, 1.807) is 0 Å². The number of carbonyl (C=O) groups is 1. The van der Waals surface area contributed by atoms with Crippen LogP contribution in [-0.2, 0) is 4.79 Å². The highest BCUT2D eigenvalue weighted by Crippen LogP contribution is 2.30. The van der Waals surface area contributed by atoms with Gasteiger partial charge < -0.3 is 15.5 Å². The highest BCUT2D eigenvalue weighted by atomic mass is 16.2. The maximum atomic E-state index is 12.4. The number of likely N-dealkylation sites (tertiary alicyclic amines) is 1. The molecule has 1 aliphatic carbocycles. The van der Waals surface area contributed by atoms with E-state index in [-0.39, 0.29) is 17.9 Å². The molecule has 0 radical (unpaired) electrons. The quantitative estimate of drug-likeness (QED) is 0.792. The van der Waals surface area contributed by atoms with E-state index in [1.807, 2.05) is 13.8 Å². The van der Waals surface area contributed by atoms with Crippen molar-refractivity contribution in [1.29, 1.82) is 0 Å². The average molecular weight is 253 g/mol. The molecule has 2 N–H and O–H groups in total. The van der Waals surface area contributed by atoms with E-state index in [4.69, 9.17) is 5.73 Å². The zero-order chi connectivity index (χ0) is 13.3. The van der Waals surface area contributed by atoms with Crippen LogP contribution in [0.2, 0.25) is 0 Å². The Morgan fingerprint density at radius 3 is 2.50 bits per heavy atom. The maximum absolute atomic E-state index is 12.4. The molecular formula is C14H27N3O. The van der Waals surface area contributed by atoms with Crippen LogP contribution in [0, 0.1) is 11.8 Å². The van der Waals surface area contributed by atoms with Gasteiger partial charge in [-0.05, 0) is 44.7 Å². The Balaban J connectivity index is 1.93. The van der Waals surface area contributed by atoms with E-state index < -0.39 is 0 Å². The second-order valence-electron chi connectivity index (χ2n) is 6.41. The first-order valence-corrected chi connectivity index (χ1v) is 7.23. The van der Waals surface area contributed by atoms with E-state index in [2.05, 4.69) is 16.8 Å². The lowest BCUT2D eigenvalue weighted by Crippen LogP contribution is -2.49. The first-order valence-electron chi connectivity index (χ1n) is 7.23. The molecule has 4 heteroatoms. The predicted octanol–water partition coefficient (Wildman–Crippen LogP) is 0.912. The van der Waals surface area contributed by atoms with Crippen molar-refractivity contribution in [1.82, 2.24) is 9.80 Å². The van der Waals surface area contributed by atoms with E-state index in [1.165, 1.54) is 19.3 Å². The molecule has 2 rings (SSSR count). The number of hydrogen-bond acceptors (Lipinski definition) is 3. The van der Waals surface area contributed by atoms with Crippen molar-refractivity contribution in [3.63, 3.8) is 0 Å². The van der Waals surface area contributed by atoms with Crippen LogP contribution in [0.1, 0.15) is 33.1 Å². The molecule has 0 aromatic rings. The average Bonchev–Trinajstić information content (AvgIpc) is 3.08. The van der Waals surface area contributed by atoms with Crippen LogP contribution < -0.4 is 5.73 Å². The monoisotopic (exact) mass is 253 g/mol. The minimum atomic E-state index is -0.329. The Bertz CT molecular complexity index is 301. The summed E-state index contributed by atoms with van der Waals surface area (Å²) in [6.07, 6.45) is 3.54. The number of nitrogens with zero attached hydrogens (tertiary/aromatic N) is 2. The Kier molecular flexibility index (Phi) is 4.28. The maximum Gasteiger partial charge on any atom is 0.240 e. The molecule has 2 atom stereocenters. The second kappa shape index (κ2) is 5.57. The summed E-state index contributed by atoms with van der Waals surface area (Å²) in [5, 5.41) is 0. The van der Waals surface area contributed by atoms with Crippen LogP contribution in [0.5, 0.6) is 0 Å². The van der Waals surface area contributed by atoms with Gasteiger partial charge in [0, 0.05) is 19.1 Å². The van der Waals surface area contributed by atoms with Crippen LogP contribution in [0.25, 0.3) is 0 Å². The van der Waals surface area contributed by atoms with Crippen molar-refractivity contribution in [2.24, 2.45) is 17.6 Å². The third-order valence-electron chi connectivity index (χ3n) is 4.22. The largest absolute Gasteiger partial charge is 0.338 e. The number of amides is 1. The van der Waals surface area contributed by atoms with E-state index in [0.29, 0.717) is 12.0 Å². The van der Waals surface area contributed by atoms with Gasteiger partial charge in [-0.25, -0.2) is 0 Å². The molecule has 0 aromatic heterocycles. The molecule has 1 amide bonds. The van der Waals surface area contributed by atoms with Crippen LogP contribution in [0.15, 0.2) is 0 Å². The van der Waals surface area contributed by atoms with Crippen molar-refractivity contribution in [3.05, 3.63) is 0 Å². The Labute approximate surface area is 110 Å². The van der Waals surface area contributed by atoms with Gasteiger partial charge in [-0.2, -0.15) is 0 Å². The number of carbonyl (C=O) groups excluding carboxylic acids is 1. The standard InChI is InChI=1S/C14H27N3O/c1-10(2)13(15)14(18)17(12-4-5-12)9-11-6-7-16(3)8-11/h10-13H,4-9,15H2,1-3H3/t11-,13-/m0/s1. The fraction of sp³-hybridized carbons (Fsp3) is 0.929. The third-order valence-corrected chi connectivity index (χ3v) is 4.22. The molecule has 0 bridgehead atoms. The lowest BCUT2D eigenvalue weighted by atomic mass is 10.0. The molecule has 2 fully saturated rings. The Morgan fingerprint density at radius 1 is 1.39 bits per heavy atom. The summed E-state index contributed by atoms with van der Waals surface area (Å²) in [5.74, 6) is 1.03. The van der Waals surface area contributed by atoms with E-state index >= 15 is 0 Å². The van der Waals surface area contributed by atoms with Gasteiger partial charge in [-0.15, -0.1) is 0 Å². The Hall–Kier alpha value is -0.610. The molecule has 104 valence electrons. The van der Waals surface area contributed by atoms with Crippen molar-refractivity contribution >= 4 is 5.91 Å². The molecule has 18 heavy (non-hydrogen) atoms. The SMILES string of the molecule is CC(C)[C@H](N)C(=O)N(C[C@H]1CCN(C)C1)C1CC1. The molecule has 1 heterocycles. The normalized spacial score (nSPS) is 26.6. The molecule has 1 saturated heterocycles. The number of hydrogen-bond donors (Lipinski definition) is 1. The minimum absolute atomic E-state index is 0.169. The van der Waals surface area contributed by atoms with Crippen molar-refractivity contribution < 1.29 is 4.79 Å². The van der Waals surface area contributed by atoms with Crippen LogP contribution in [-0.4, -0.2) is 54.5 Å². The summed E-state index contributed by atoms with van der Waals surface area (Å²) in [4.78, 5) is 16.9. The molecule has 2 aliphatic rings. The first-order chi connectivity index (χ1) is 8.49. The second-order valence-corrected chi connectivity index (χ2v) is 6.41. The predicted molar refractivity (Wildman–Crippen MR) is 73.2 cm³/mol. The summed E-state index contributed by atoms with van der Waals surface area (Å²) in [5.41, 5.74) is 6.03. The van der Waals surface area contributed by atoms with Gasteiger partial charge in [0.25, 0.3) is 0 Å². The van der Waals surface area contributed by atoms with Gasteiger partial charge >= 0.3 is 0 Å². The topological polar surface area (TPSA) is 49.6 Å². The lowest BCUT2D eigenvalue weighted by molar-refractivity contribution is -0.134. The molecule has 1 saturated carbocycles. The molecule has 1 aliphatic heterocycles. The van der Waals surface area contributed by atoms with Gasteiger partial charge in [0.1, 0.15) is 0 Å². The third kappa shape index (κ3) is 3.23. The molecule has 4 nitrogen and oxygen atoms in total. The highest BCUT2D eigenvalue weighted by Gasteiger charge is 2.37. The van der Waals surface area contributed by atoms with E-state index in [0.717, 1.165) is 19.6 Å². The minimum Gasteiger partial charge on any atom is -0.338 e. The summed E-state index contributed by atoms with van der Waals surface area (Å²) >= 11 is 0. The molecule has 0 spiro atoms. The Morgan fingerprint density at radius 2 is 2.06 bits per heavy atom. The van der Waals surface area contributed by atoms with Crippen LogP contribution >= 0.6 is 0 Å². The zero-order valence-corrected chi connectivity index (χ0v) is 11.9. The van der Waals surface area contributed by atoms with Gasteiger partial charge in [0.2, 0.25) is 5.91 Å². The lowest BCUT2D eigenvalue weighted by Gasteiger charge is -2.29. The smallest absolute Gasteiger partial charge is 0.240 e. The summed E-state index contributed by atoms with van der Waals surface area (Å²) in [6, 6.07) is 0.151. The summed E-state index contributed by atoms with van der Waals surface area (Å²) in [7, 11) is 2.16. The van der Waals surface area contributed by atoms with Crippen LogP contribution in [0.3, 0.4) is 0 Å². The van der Waals surface area contributed by atoms with Crippen molar-refractivity contribution in [2.75, 3.05) is 26.7 Å². The number of rotatable bonds is 5. The fourth-order valence-electron chi connectivity index (χ4n) is 2.74. The van der Waals surface area contributed by atoms with E-state index in [9.17, 15) is 4.79 Å². The first kappa shape index (κ1) is 13.8. The fourth-order valence-corrected chi connectivity index (χ4v) is 2.74. The van der Waals surface area contributed by atoms with Gasteiger partial charge in [0.05, 0.1) is 6.04 Å². The summed E-state index contributed by atoms with van der Waals surface area (Å²) in [6.45, 7) is 7.24. The number of nitrogens with two attached hydrogens (primary N) is 1. The van der Waals surface area contributed by atoms with Gasteiger partial charge in [0.15, 0.2) is 0 Å². The zero-order valence-electron chi connectivity index (χ0n) is 11.9.